The highest BCUT2D eigenvalue weighted by atomic mass is 16.1. The Morgan fingerprint density at radius 2 is 2.04 bits per heavy atom. The van der Waals surface area contributed by atoms with Crippen LogP contribution < -0.4 is 16.0 Å². The molecule has 2 rings (SSSR count). The highest BCUT2D eigenvalue weighted by Gasteiger charge is 2.37. The first-order chi connectivity index (χ1) is 12.6. The van der Waals surface area contributed by atoms with Crippen LogP contribution in [0.3, 0.4) is 0 Å². The molecule has 0 unspecified atom stereocenters. The van der Waals surface area contributed by atoms with Gasteiger partial charge in [-0.15, -0.1) is 11.4 Å². The largest absolute Gasteiger partial charge is 0.359 e. The molecule has 1 saturated carbocycles. The molecule has 136 valence electrons. The average Bonchev–Trinajstić information content (AvgIpc) is 2.68. The van der Waals surface area contributed by atoms with Gasteiger partial charge in [-0.3, -0.25) is 4.79 Å². The Bertz CT molecular complexity index is 706. The van der Waals surface area contributed by atoms with E-state index in [-0.39, 0.29) is 23.8 Å². The third-order valence-corrected chi connectivity index (χ3v) is 4.95. The minimum atomic E-state index is -0.110. The molecule has 1 aromatic rings. The van der Waals surface area contributed by atoms with Gasteiger partial charge in [-0.2, -0.15) is 5.26 Å². The molecule has 1 fully saturated rings. The topological polar surface area (TPSA) is 89.3 Å². The predicted octanol–water partition coefficient (Wildman–Crippen LogP) is 1.65. The third kappa shape index (κ3) is 5.00. The molecule has 26 heavy (non-hydrogen) atoms. The lowest BCUT2D eigenvalue weighted by atomic mass is 9.68. The summed E-state index contributed by atoms with van der Waals surface area (Å²) in [5, 5.41) is 17.9. The highest BCUT2D eigenvalue weighted by molar-refractivity contribution is 5.80. The first-order valence-electron chi connectivity index (χ1n) is 8.80. The molecule has 0 heterocycles. The Balaban J connectivity index is 2.08. The summed E-state index contributed by atoms with van der Waals surface area (Å²) in [6.07, 6.45) is 10.8. The summed E-state index contributed by atoms with van der Waals surface area (Å²) in [7, 11) is 1.74. The predicted molar refractivity (Wildman–Crippen MR) is 102 cm³/mol. The summed E-state index contributed by atoms with van der Waals surface area (Å²) in [5.74, 6) is 2.77. The minimum Gasteiger partial charge on any atom is -0.359 e. The summed E-state index contributed by atoms with van der Waals surface area (Å²) in [6.45, 7) is 0.579. The SMILES string of the molecule is C#CCC(=O)NC[C@]1(c2ccccc2)CC[C@H](N/C(=N/C#N)NC)CC1. The summed E-state index contributed by atoms with van der Waals surface area (Å²) in [6, 6.07) is 10.5. The van der Waals surface area contributed by atoms with Crippen molar-refractivity contribution in [3.05, 3.63) is 35.9 Å². The number of hydrogen-bond acceptors (Lipinski definition) is 3. The van der Waals surface area contributed by atoms with E-state index < -0.39 is 0 Å². The first-order valence-corrected chi connectivity index (χ1v) is 8.80. The van der Waals surface area contributed by atoms with Gasteiger partial charge in [-0.25, -0.2) is 0 Å². The van der Waals surface area contributed by atoms with E-state index >= 15 is 0 Å². The molecule has 6 nitrogen and oxygen atoms in total. The average molecular weight is 351 g/mol. The van der Waals surface area contributed by atoms with E-state index in [1.807, 2.05) is 18.2 Å². The smallest absolute Gasteiger partial charge is 0.232 e. The van der Waals surface area contributed by atoms with Crippen LogP contribution in [0.1, 0.15) is 37.7 Å². The molecule has 0 atom stereocenters. The van der Waals surface area contributed by atoms with Crippen molar-refractivity contribution in [2.24, 2.45) is 4.99 Å². The fourth-order valence-electron chi connectivity index (χ4n) is 3.50. The van der Waals surface area contributed by atoms with Crippen molar-refractivity contribution in [3.63, 3.8) is 0 Å². The number of nitriles is 1. The van der Waals surface area contributed by atoms with E-state index in [1.165, 1.54) is 5.56 Å². The van der Waals surface area contributed by atoms with Crippen molar-refractivity contribution in [1.29, 1.82) is 5.26 Å². The van der Waals surface area contributed by atoms with Crippen molar-refractivity contribution < 1.29 is 4.79 Å². The van der Waals surface area contributed by atoms with Crippen LogP contribution in [-0.4, -0.2) is 31.5 Å². The van der Waals surface area contributed by atoms with E-state index in [4.69, 9.17) is 11.7 Å². The normalized spacial score (nSPS) is 22.6. The maximum atomic E-state index is 11.9. The number of terminal acetylenes is 1. The number of benzene rings is 1. The number of rotatable bonds is 5. The number of carbonyl (C=O) groups excluding carboxylic acids is 1. The fourth-order valence-corrected chi connectivity index (χ4v) is 3.50. The molecule has 0 aromatic heterocycles. The summed E-state index contributed by atoms with van der Waals surface area (Å²) >= 11 is 0. The molecule has 0 radical (unpaired) electrons. The lowest BCUT2D eigenvalue weighted by molar-refractivity contribution is -0.120. The number of guanidine groups is 1. The van der Waals surface area contributed by atoms with Crippen LogP contribution in [0.4, 0.5) is 0 Å². The Kier molecular flexibility index (Phi) is 7.05. The molecular formula is C20H25N5O. The first kappa shape index (κ1) is 19.3. The third-order valence-electron chi connectivity index (χ3n) is 4.95. The van der Waals surface area contributed by atoms with Gasteiger partial charge in [0, 0.05) is 25.0 Å². The second kappa shape index (κ2) is 9.48. The van der Waals surface area contributed by atoms with Gasteiger partial charge in [-0.1, -0.05) is 36.3 Å². The zero-order chi connectivity index (χ0) is 18.8. The molecule has 1 amide bonds. The minimum absolute atomic E-state index is 0.101. The zero-order valence-electron chi connectivity index (χ0n) is 15.1. The number of nitrogens with one attached hydrogen (secondary N) is 3. The molecule has 1 aliphatic carbocycles. The maximum absolute atomic E-state index is 11.9. The van der Waals surface area contributed by atoms with Gasteiger partial charge < -0.3 is 16.0 Å². The highest BCUT2D eigenvalue weighted by Crippen LogP contribution is 2.39. The van der Waals surface area contributed by atoms with Gasteiger partial charge in [0.2, 0.25) is 18.1 Å². The van der Waals surface area contributed by atoms with Crippen molar-refractivity contribution in [3.8, 4) is 18.5 Å². The Morgan fingerprint density at radius 3 is 2.62 bits per heavy atom. The van der Waals surface area contributed by atoms with E-state index in [9.17, 15) is 4.79 Å². The van der Waals surface area contributed by atoms with Gasteiger partial charge in [-0.05, 0) is 31.2 Å². The van der Waals surface area contributed by atoms with Crippen molar-refractivity contribution in [2.45, 2.75) is 43.6 Å². The van der Waals surface area contributed by atoms with Crippen LogP contribution in [0, 0.1) is 23.8 Å². The van der Waals surface area contributed by atoms with Crippen molar-refractivity contribution in [2.75, 3.05) is 13.6 Å². The second-order valence-electron chi connectivity index (χ2n) is 6.53. The van der Waals surface area contributed by atoms with Gasteiger partial charge in [0.25, 0.3) is 0 Å². The number of nitrogens with zero attached hydrogens (tertiary/aromatic N) is 2. The van der Waals surface area contributed by atoms with Crippen molar-refractivity contribution >= 4 is 11.9 Å². The number of aliphatic imine (C=N–C) groups is 1. The lowest BCUT2D eigenvalue weighted by Crippen LogP contribution is -2.49. The zero-order valence-corrected chi connectivity index (χ0v) is 15.1. The summed E-state index contributed by atoms with van der Waals surface area (Å²) in [4.78, 5) is 15.6. The Morgan fingerprint density at radius 1 is 1.35 bits per heavy atom. The van der Waals surface area contributed by atoms with Crippen LogP contribution in [0.2, 0.25) is 0 Å². The molecule has 6 heteroatoms. The van der Waals surface area contributed by atoms with Crippen LogP contribution in [0.5, 0.6) is 0 Å². The number of hydrogen-bond donors (Lipinski definition) is 3. The fraction of sp³-hybridized carbons (Fsp3) is 0.450. The van der Waals surface area contributed by atoms with Gasteiger partial charge >= 0.3 is 0 Å². The van der Waals surface area contributed by atoms with Gasteiger partial charge in [0.05, 0.1) is 6.42 Å². The van der Waals surface area contributed by atoms with E-state index in [2.05, 4.69) is 39.0 Å². The molecule has 0 saturated heterocycles. The van der Waals surface area contributed by atoms with Gasteiger partial charge in [0.15, 0.2) is 0 Å². The molecule has 3 N–H and O–H groups in total. The molecule has 0 aliphatic heterocycles. The van der Waals surface area contributed by atoms with E-state index in [0.29, 0.717) is 12.5 Å². The maximum Gasteiger partial charge on any atom is 0.232 e. The summed E-state index contributed by atoms with van der Waals surface area (Å²) in [5.41, 5.74) is 1.13. The quantitative estimate of drug-likeness (QED) is 0.326. The Hall–Kier alpha value is -2.99. The van der Waals surface area contributed by atoms with Crippen LogP contribution in [0.25, 0.3) is 0 Å². The molecule has 1 aromatic carbocycles. The second-order valence-corrected chi connectivity index (χ2v) is 6.53. The van der Waals surface area contributed by atoms with E-state index in [0.717, 1.165) is 25.7 Å². The van der Waals surface area contributed by atoms with Crippen LogP contribution in [0.15, 0.2) is 35.3 Å². The monoisotopic (exact) mass is 351 g/mol. The van der Waals surface area contributed by atoms with Crippen LogP contribution >= 0.6 is 0 Å². The Labute approximate surface area is 155 Å². The van der Waals surface area contributed by atoms with Crippen LogP contribution in [-0.2, 0) is 10.2 Å². The lowest BCUT2D eigenvalue weighted by Gasteiger charge is -2.41. The number of carbonyl (C=O) groups is 1. The molecule has 0 spiro atoms. The molecule has 1 aliphatic rings. The molecular weight excluding hydrogens is 326 g/mol. The molecule has 0 bridgehead atoms. The number of amides is 1. The van der Waals surface area contributed by atoms with Crippen molar-refractivity contribution in [1.82, 2.24) is 16.0 Å². The standard InChI is InChI=1S/C20H25N5O/c1-3-7-18(26)23-14-20(16-8-5-4-6-9-16)12-10-17(11-13-20)25-19(22-2)24-15-21/h1,4-6,8-9,17H,7,10-14H2,2H3,(H,23,26)(H2,22,24,25)/t17-,20-. The van der Waals surface area contributed by atoms with Gasteiger partial charge in [0.1, 0.15) is 0 Å². The van der Waals surface area contributed by atoms with E-state index in [1.54, 1.807) is 13.2 Å². The summed E-state index contributed by atoms with van der Waals surface area (Å²) < 4.78 is 0.